The number of ketones is 1. The molecule has 1 aromatic rings. The van der Waals surface area contributed by atoms with E-state index in [1.165, 1.54) is 23.4 Å². The lowest BCUT2D eigenvalue weighted by molar-refractivity contribution is -0.118. The Morgan fingerprint density at radius 1 is 1.50 bits per heavy atom. The van der Waals surface area contributed by atoms with Gasteiger partial charge in [-0.1, -0.05) is 6.42 Å². The molecule has 0 spiro atoms. The smallest absolute Gasteiger partial charge is 0.252 e. The second-order valence-corrected chi connectivity index (χ2v) is 8.10. The third-order valence-corrected chi connectivity index (χ3v) is 6.76. The maximum atomic E-state index is 12.6. The monoisotopic (exact) mass is 312 g/mol. The van der Waals surface area contributed by atoms with Crippen LogP contribution in [0.25, 0.3) is 0 Å². The van der Waals surface area contributed by atoms with Crippen molar-refractivity contribution in [2.24, 2.45) is 0 Å². The number of nitriles is 1. The summed E-state index contributed by atoms with van der Waals surface area (Å²) in [5.41, 5.74) is 0. The SMILES string of the molecule is CC(=O)CC1CCCCN1S(=O)(=O)c1ccc(C#N)s1. The van der Waals surface area contributed by atoms with Crippen molar-refractivity contribution in [3.05, 3.63) is 17.0 Å². The van der Waals surface area contributed by atoms with Crippen molar-refractivity contribution in [3.63, 3.8) is 0 Å². The number of carbonyl (C=O) groups excluding carboxylic acids is 1. The highest BCUT2D eigenvalue weighted by Gasteiger charge is 2.34. The van der Waals surface area contributed by atoms with Crippen molar-refractivity contribution in [3.8, 4) is 6.07 Å². The maximum absolute atomic E-state index is 12.6. The Labute approximate surface area is 122 Å². The first-order valence-corrected chi connectivity index (χ1v) is 8.72. The summed E-state index contributed by atoms with van der Waals surface area (Å²) in [5.74, 6) is 0.000920. The van der Waals surface area contributed by atoms with Gasteiger partial charge in [0, 0.05) is 19.0 Å². The lowest BCUT2D eigenvalue weighted by atomic mass is 10.0. The summed E-state index contributed by atoms with van der Waals surface area (Å²) in [7, 11) is -3.60. The van der Waals surface area contributed by atoms with Crippen LogP contribution in [0.1, 0.15) is 37.5 Å². The molecule has 1 saturated heterocycles. The fourth-order valence-electron chi connectivity index (χ4n) is 2.46. The zero-order valence-corrected chi connectivity index (χ0v) is 12.8. The molecule has 1 fully saturated rings. The van der Waals surface area contributed by atoms with E-state index in [0.717, 1.165) is 30.6 Å². The maximum Gasteiger partial charge on any atom is 0.252 e. The number of Topliss-reactive ketones (excluding diaryl/α,β-unsaturated/α-hetero) is 1. The van der Waals surface area contributed by atoms with Gasteiger partial charge in [-0.3, -0.25) is 4.79 Å². The van der Waals surface area contributed by atoms with Crippen LogP contribution >= 0.6 is 11.3 Å². The number of thiophene rings is 1. The molecule has 5 nitrogen and oxygen atoms in total. The van der Waals surface area contributed by atoms with E-state index in [4.69, 9.17) is 5.26 Å². The van der Waals surface area contributed by atoms with Crippen molar-refractivity contribution in [2.45, 2.75) is 42.9 Å². The molecule has 1 aliphatic heterocycles. The number of sulfonamides is 1. The first-order chi connectivity index (χ1) is 9.45. The molecule has 7 heteroatoms. The Morgan fingerprint density at radius 3 is 2.85 bits per heavy atom. The Morgan fingerprint density at radius 2 is 2.25 bits per heavy atom. The second-order valence-electron chi connectivity index (χ2n) is 4.90. The molecule has 20 heavy (non-hydrogen) atoms. The number of nitrogens with zero attached hydrogens (tertiary/aromatic N) is 2. The van der Waals surface area contributed by atoms with E-state index in [9.17, 15) is 13.2 Å². The first kappa shape index (κ1) is 15.2. The molecule has 2 heterocycles. The molecule has 1 atom stereocenters. The van der Waals surface area contributed by atoms with E-state index in [-0.39, 0.29) is 22.5 Å². The van der Waals surface area contributed by atoms with Gasteiger partial charge in [0.15, 0.2) is 0 Å². The predicted octanol–water partition coefficient (Wildman–Crippen LogP) is 2.14. The highest BCUT2D eigenvalue weighted by molar-refractivity contribution is 7.91. The summed E-state index contributed by atoms with van der Waals surface area (Å²) < 4.78 is 26.9. The van der Waals surface area contributed by atoms with E-state index in [1.54, 1.807) is 0 Å². The molecule has 0 bridgehead atoms. The Hall–Kier alpha value is -1.23. The standard InChI is InChI=1S/C13H16N2O3S2/c1-10(16)8-11-4-2-3-7-15(11)20(17,18)13-6-5-12(9-14)19-13/h5-6,11H,2-4,7-8H2,1H3. The lowest BCUT2D eigenvalue weighted by Gasteiger charge is -2.33. The highest BCUT2D eigenvalue weighted by atomic mass is 32.2. The number of rotatable bonds is 4. The summed E-state index contributed by atoms with van der Waals surface area (Å²) in [5, 5.41) is 8.81. The Balaban J connectivity index is 2.30. The highest BCUT2D eigenvalue weighted by Crippen LogP contribution is 2.30. The summed E-state index contributed by atoms with van der Waals surface area (Å²) in [6.07, 6.45) is 2.73. The van der Waals surface area contributed by atoms with E-state index in [2.05, 4.69) is 0 Å². The van der Waals surface area contributed by atoms with Crippen molar-refractivity contribution >= 4 is 27.1 Å². The fraction of sp³-hybridized carbons (Fsp3) is 0.538. The number of carbonyl (C=O) groups is 1. The summed E-state index contributed by atoms with van der Waals surface area (Å²) in [4.78, 5) is 11.7. The lowest BCUT2D eigenvalue weighted by Crippen LogP contribution is -2.44. The van der Waals surface area contributed by atoms with Gasteiger partial charge in [0.1, 0.15) is 20.9 Å². The molecule has 1 aliphatic rings. The van der Waals surface area contributed by atoms with Crippen LogP contribution in [-0.4, -0.2) is 31.1 Å². The van der Waals surface area contributed by atoms with Gasteiger partial charge in [0.25, 0.3) is 10.0 Å². The number of hydrogen-bond acceptors (Lipinski definition) is 5. The molecule has 0 aliphatic carbocycles. The molecular weight excluding hydrogens is 296 g/mol. The van der Waals surface area contributed by atoms with E-state index in [0.29, 0.717) is 11.4 Å². The topological polar surface area (TPSA) is 78.2 Å². The van der Waals surface area contributed by atoms with Crippen LogP contribution in [0.5, 0.6) is 0 Å². The zero-order valence-electron chi connectivity index (χ0n) is 11.2. The van der Waals surface area contributed by atoms with Gasteiger partial charge in [0.2, 0.25) is 0 Å². The van der Waals surface area contributed by atoms with Gasteiger partial charge in [-0.25, -0.2) is 8.42 Å². The molecule has 2 rings (SSSR count). The normalized spacial score (nSPS) is 20.5. The molecule has 0 amide bonds. The van der Waals surface area contributed by atoms with Gasteiger partial charge < -0.3 is 0 Å². The van der Waals surface area contributed by atoms with Crippen LogP contribution in [0.2, 0.25) is 0 Å². The summed E-state index contributed by atoms with van der Waals surface area (Å²) in [6.45, 7) is 1.93. The van der Waals surface area contributed by atoms with Gasteiger partial charge in [-0.2, -0.15) is 9.57 Å². The minimum atomic E-state index is -3.60. The minimum absolute atomic E-state index is 0.000920. The largest absolute Gasteiger partial charge is 0.300 e. The van der Waals surface area contributed by atoms with Gasteiger partial charge in [-0.05, 0) is 31.9 Å². The molecule has 0 saturated carbocycles. The van der Waals surface area contributed by atoms with Gasteiger partial charge in [0.05, 0.1) is 0 Å². The van der Waals surface area contributed by atoms with E-state index < -0.39 is 10.0 Å². The van der Waals surface area contributed by atoms with Crippen LogP contribution in [0.4, 0.5) is 0 Å². The van der Waals surface area contributed by atoms with E-state index >= 15 is 0 Å². The molecule has 0 radical (unpaired) electrons. The molecule has 1 unspecified atom stereocenters. The number of hydrogen-bond donors (Lipinski definition) is 0. The molecule has 108 valence electrons. The van der Waals surface area contributed by atoms with E-state index in [1.807, 2.05) is 6.07 Å². The van der Waals surface area contributed by atoms with Crippen LogP contribution in [0, 0.1) is 11.3 Å². The average Bonchev–Trinajstić information content (AvgIpc) is 2.88. The third-order valence-electron chi connectivity index (χ3n) is 3.35. The molecule has 0 aromatic carbocycles. The summed E-state index contributed by atoms with van der Waals surface area (Å²) >= 11 is 0.979. The molecular formula is C13H16N2O3S2. The van der Waals surface area contributed by atoms with Crippen LogP contribution in [0.15, 0.2) is 16.3 Å². The third kappa shape index (κ3) is 3.08. The fourth-order valence-corrected chi connectivity index (χ4v) is 5.39. The van der Waals surface area contributed by atoms with Crippen molar-refractivity contribution < 1.29 is 13.2 Å². The van der Waals surface area contributed by atoms with Crippen LogP contribution in [0.3, 0.4) is 0 Å². The first-order valence-electron chi connectivity index (χ1n) is 6.46. The van der Waals surface area contributed by atoms with Crippen molar-refractivity contribution in [1.82, 2.24) is 4.31 Å². The average molecular weight is 312 g/mol. The number of piperidine rings is 1. The van der Waals surface area contributed by atoms with Crippen LogP contribution in [-0.2, 0) is 14.8 Å². The molecule has 1 aromatic heterocycles. The summed E-state index contributed by atoms with van der Waals surface area (Å²) in [6, 6.07) is 4.68. The minimum Gasteiger partial charge on any atom is -0.300 e. The van der Waals surface area contributed by atoms with Crippen molar-refractivity contribution in [1.29, 1.82) is 5.26 Å². The Kier molecular flexibility index (Phi) is 4.58. The van der Waals surface area contributed by atoms with Crippen molar-refractivity contribution in [2.75, 3.05) is 6.54 Å². The zero-order chi connectivity index (χ0) is 14.8. The Bertz CT molecular complexity index is 643. The van der Waals surface area contributed by atoms with Gasteiger partial charge >= 0.3 is 0 Å². The quantitative estimate of drug-likeness (QED) is 0.853. The predicted molar refractivity (Wildman–Crippen MR) is 75.9 cm³/mol. The molecule has 0 N–H and O–H groups in total. The van der Waals surface area contributed by atoms with Gasteiger partial charge in [-0.15, -0.1) is 11.3 Å². The van der Waals surface area contributed by atoms with Crippen LogP contribution < -0.4 is 0 Å². The second kappa shape index (κ2) is 6.04.